The summed E-state index contributed by atoms with van der Waals surface area (Å²) in [5.41, 5.74) is -0.564. The highest BCUT2D eigenvalue weighted by molar-refractivity contribution is 9.10. The van der Waals surface area contributed by atoms with Crippen molar-refractivity contribution >= 4 is 39.1 Å². The van der Waals surface area contributed by atoms with Crippen molar-refractivity contribution in [3.05, 3.63) is 114 Å². The standard InChI is InChI=1S/C24H14BrN3O6/c25-12-9-10-17(18(11-12)27(31)32)26-22(29)20-19-13-5-1-3-7-15(13)24(28(33)34,21(20)23(26)30)16-8-4-2-6-14(16)19/h1-11,19-21H/t19?,20-,21+,24?/m0/s1. The number of rotatable bonds is 3. The van der Waals surface area contributed by atoms with Crippen LogP contribution in [-0.4, -0.2) is 21.7 Å². The Morgan fingerprint density at radius 3 is 2.00 bits per heavy atom. The lowest BCUT2D eigenvalue weighted by molar-refractivity contribution is -0.578. The number of benzene rings is 3. The quantitative estimate of drug-likeness (QED) is 0.291. The van der Waals surface area contributed by atoms with E-state index >= 15 is 0 Å². The van der Waals surface area contributed by atoms with Gasteiger partial charge in [-0.25, -0.2) is 4.90 Å². The summed E-state index contributed by atoms with van der Waals surface area (Å²) in [5.74, 6) is -4.42. The molecule has 2 amide bonds. The highest BCUT2D eigenvalue weighted by Crippen LogP contribution is 2.64. The molecule has 1 heterocycles. The molecular formula is C24H14BrN3O6. The number of nitro groups is 2. The first-order valence-corrected chi connectivity index (χ1v) is 11.2. The van der Waals surface area contributed by atoms with Crippen molar-refractivity contribution in [2.45, 2.75) is 11.5 Å². The van der Waals surface area contributed by atoms with E-state index in [1.165, 1.54) is 18.2 Å². The third kappa shape index (κ3) is 2.28. The molecule has 34 heavy (non-hydrogen) atoms. The Hall–Kier alpha value is -3.92. The Morgan fingerprint density at radius 2 is 1.44 bits per heavy atom. The van der Waals surface area contributed by atoms with E-state index in [1.54, 1.807) is 48.5 Å². The van der Waals surface area contributed by atoms with E-state index in [9.17, 15) is 29.8 Å². The van der Waals surface area contributed by atoms with Gasteiger partial charge in [0.05, 0.1) is 10.8 Å². The smallest absolute Gasteiger partial charge is 0.274 e. The van der Waals surface area contributed by atoms with Crippen LogP contribution in [0.5, 0.6) is 0 Å². The Balaban J connectivity index is 1.66. The fourth-order valence-corrected chi connectivity index (χ4v) is 6.46. The molecular weight excluding hydrogens is 506 g/mol. The van der Waals surface area contributed by atoms with Crippen molar-refractivity contribution in [1.82, 2.24) is 0 Å². The van der Waals surface area contributed by atoms with Gasteiger partial charge in [0.2, 0.25) is 11.8 Å². The Kier molecular flexibility index (Phi) is 4.13. The van der Waals surface area contributed by atoms with Crippen LogP contribution in [0.25, 0.3) is 0 Å². The Bertz CT molecular complexity index is 1420. The minimum atomic E-state index is -1.97. The van der Waals surface area contributed by atoms with E-state index in [1.807, 2.05) is 0 Å². The monoisotopic (exact) mass is 519 g/mol. The number of anilines is 1. The van der Waals surface area contributed by atoms with E-state index < -0.39 is 50.6 Å². The van der Waals surface area contributed by atoms with Crippen molar-refractivity contribution in [3.8, 4) is 0 Å². The molecule has 0 aromatic heterocycles. The molecule has 2 bridgehead atoms. The van der Waals surface area contributed by atoms with E-state index in [2.05, 4.69) is 15.9 Å². The molecule has 3 aromatic rings. The van der Waals surface area contributed by atoms with Gasteiger partial charge < -0.3 is 0 Å². The number of imide groups is 1. The fraction of sp³-hybridized carbons (Fsp3) is 0.167. The van der Waals surface area contributed by atoms with Gasteiger partial charge in [0, 0.05) is 32.5 Å². The zero-order chi connectivity index (χ0) is 23.9. The van der Waals surface area contributed by atoms with Gasteiger partial charge in [-0.1, -0.05) is 64.5 Å². The zero-order valence-electron chi connectivity index (χ0n) is 17.3. The molecule has 3 aliphatic carbocycles. The van der Waals surface area contributed by atoms with E-state index in [4.69, 9.17) is 0 Å². The molecule has 9 nitrogen and oxygen atoms in total. The maximum atomic E-state index is 13.9. The van der Waals surface area contributed by atoms with Crippen molar-refractivity contribution in [2.75, 3.05) is 4.90 Å². The first-order chi connectivity index (χ1) is 16.3. The molecule has 0 radical (unpaired) electrons. The van der Waals surface area contributed by atoms with Crippen LogP contribution in [0.4, 0.5) is 11.4 Å². The molecule has 0 saturated carbocycles. The maximum Gasteiger partial charge on any atom is 0.294 e. The van der Waals surface area contributed by atoms with Crippen LogP contribution in [0.15, 0.2) is 71.2 Å². The molecule has 3 aromatic carbocycles. The molecule has 2 atom stereocenters. The van der Waals surface area contributed by atoms with Crippen molar-refractivity contribution in [1.29, 1.82) is 0 Å². The topological polar surface area (TPSA) is 124 Å². The summed E-state index contributed by atoms with van der Waals surface area (Å²) in [6, 6.07) is 17.7. The average Bonchev–Trinajstić information content (AvgIpc) is 3.09. The maximum absolute atomic E-state index is 13.9. The number of hydrogen-bond acceptors (Lipinski definition) is 6. The largest absolute Gasteiger partial charge is 0.294 e. The lowest BCUT2D eigenvalue weighted by Crippen LogP contribution is -2.57. The van der Waals surface area contributed by atoms with Crippen LogP contribution >= 0.6 is 15.9 Å². The molecule has 4 aliphatic rings. The second-order valence-electron chi connectivity index (χ2n) is 8.58. The molecule has 168 valence electrons. The second kappa shape index (κ2) is 6.80. The molecule has 0 N–H and O–H groups in total. The summed E-state index contributed by atoms with van der Waals surface area (Å²) in [6.45, 7) is 0. The molecule has 1 fully saturated rings. The van der Waals surface area contributed by atoms with Gasteiger partial charge in [-0.3, -0.25) is 29.8 Å². The third-order valence-electron chi connectivity index (χ3n) is 7.24. The second-order valence-corrected chi connectivity index (χ2v) is 9.50. The van der Waals surface area contributed by atoms with E-state index in [-0.39, 0.29) is 5.69 Å². The predicted octanol–water partition coefficient (Wildman–Crippen LogP) is 4.14. The van der Waals surface area contributed by atoms with E-state index in [0.29, 0.717) is 26.7 Å². The minimum absolute atomic E-state index is 0.191. The van der Waals surface area contributed by atoms with Crippen molar-refractivity contribution in [3.63, 3.8) is 0 Å². The summed E-state index contributed by atoms with van der Waals surface area (Å²) in [4.78, 5) is 52.0. The summed E-state index contributed by atoms with van der Waals surface area (Å²) >= 11 is 3.18. The number of carbonyl (C=O) groups excluding carboxylic acids is 2. The summed E-state index contributed by atoms with van der Waals surface area (Å²) in [7, 11) is 0. The summed E-state index contributed by atoms with van der Waals surface area (Å²) in [5, 5.41) is 24.7. The molecule has 0 unspecified atom stereocenters. The van der Waals surface area contributed by atoms with Gasteiger partial charge in [0.1, 0.15) is 11.6 Å². The molecule has 10 heteroatoms. The van der Waals surface area contributed by atoms with E-state index in [0.717, 1.165) is 4.90 Å². The molecule has 7 rings (SSSR count). The highest BCUT2D eigenvalue weighted by atomic mass is 79.9. The third-order valence-corrected chi connectivity index (χ3v) is 7.73. The van der Waals surface area contributed by atoms with Crippen molar-refractivity contribution < 1.29 is 19.4 Å². The van der Waals surface area contributed by atoms with Gasteiger partial charge in [0.25, 0.3) is 11.2 Å². The van der Waals surface area contributed by atoms with Crippen LogP contribution in [0.2, 0.25) is 0 Å². The SMILES string of the molecule is O=C1[C@H]2C3c4ccccc4C([N+](=O)[O-])(c4ccccc43)[C@H]2C(=O)N1c1ccc(Br)cc1[N+](=O)[O-]. The fourth-order valence-electron chi connectivity index (χ4n) is 6.11. The first-order valence-electron chi connectivity index (χ1n) is 10.4. The summed E-state index contributed by atoms with van der Waals surface area (Å²) in [6.07, 6.45) is 0. The van der Waals surface area contributed by atoms with Crippen molar-refractivity contribution in [2.24, 2.45) is 11.8 Å². The van der Waals surface area contributed by atoms with Gasteiger partial charge in [-0.15, -0.1) is 0 Å². The van der Waals surface area contributed by atoms with Gasteiger partial charge in [0.15, 0.2) is 0 Å². The lowest BCUT2D eigenvalue weighted by Gasteiger charge is -2.48. The van der Waals surface area contributed by atoms with Crippen LogP contribution in [0.1, 0.15) is 28.2 Å². The number of carbonyl (C=O) groups is 2. The number of hydrogen-bond donors (Lipinski definition) is 0. The average molecular weight is 520 g/mol. The van der Waals surface area contributed by atoms with Crippen LogP contribution < -0.4 is 4.90 Å². The normalized spacial score (nSPS) is 26.1. The van der Waals surface area contributed by atoms with Crippen LogP contribution in [-0.2, 0) is 15.1 Å². The van der Waals surface area contributed by atoms with Crippen LogP contribution in [0.3, 0.4) is 0 Å². The molecule has 0 spiro atoms. The van der Waals surface area contributed by atoms with Gasteiger partial charge >= 0.3 is 0 Å². The number of amides is 2. The predicted molar refractivity (Wildman–Crippen MR) is 123 cm³/mol. The lowest BCUT2D eigenvalue weighted by atomic mass is 9.51. The zero-order valence-corrected chi connectivity index (χ0v) is 18.8. The first kappa shape index (κ1) is 20.7. The highest BCUT2D eigenvalue weighted by Gasteiger charge is 2.75. The number of nitro benzene ring substituents is 1. The minimum Gasteiger partial charge on any atom is -0.274 e. The number of nitrogens with zero attached hydrogens (tertiary/aromatic N) is 3. The Labute approximate surface area is 200 Å². The van der Waals surface area contributed by atoms with Gasteiger partial charge in [-0.05, 0) is 23.3 Å². The number of halogens is 1. The summed E-state index contributed by atoms with van der Waals surface area (Å²) < 4.78 is 0.404. The van der Waals surface area contributed by atoms with Gasteiger partial charge in [-0.2, -0.15) is 0 Å². The Morgan fingerprint density at radius 1 is 0.853 bits per heavy atom. The molecule has 1 saturated heterocycles. The molecule has 1 aliphatic heterocycles. The van der Waals surface area contributed by atoms with Crippen LogP contribution in [0, 0.1) is 32.1 Å².